The van der Waals surface area contributed by atoms with E-state index in [0.29, 0.717) is 0 Å². The lowest BCUT2D eigenvalue weighted by molar-refractivity contribution is -0.384. The van der Waals surface area contributed by atoms with Crippen LogP contribution in [0.15, 0.2) is 158 Å². The van der Waals surface area contributed by atoms with Gasteiger partial charge in [-0.3, -0.25) is 10.1 Å². The second-order valence-corrected chi connectivity index (χ2v) is 10.0. The Morgan fingerprint density at radius 3 is 1.31 bits per heavy atom. The molecule has 5 nitrogen and oxygen atoms in total. The van der Waals surface area contributed by atoms with Crippen molar-refractivity contribution in [1.82, 2.24) is 0 Å². The second-order valence-electron chi connectivity index (χ2n) is 10.0. The zero-order valence-corrected chi connectivity index (χ0v) is 23.2. The van der Waals surface area contributed by atoms with Gasteiger partial charge >= 0.3 is 0 Å². The molecule has 5 heteroatoms. The van der Waals surface area contributed by atoms with Crippen molar-refractivity contribution in [2.24, 2.45) is 0 Å². The summed E-state index contributed by atoms with van der Waals surface area (Å²) in [5.41, 5.74) is 9.52. The van der Waals surface area contributed by atoms with Crippen LogP contribution in [0.1, 0.15) is 0 Å². The van der Waals surface area contributed by atoms with Crippen molar-refractivity contribution in [2.75, 3.05) is 16.8 Å². The monoisotopic (exact) mass is 547 g/mol. The lowest BCUT2D eigenvalue weighted by Crippen LogP contribution is -2.12. The molecule has 0 bridgehead atoms. The molecular weight excluding hydrogens is 518 g/mol. The van der Waals surface area contributed by atoms with Gasteiger partial charge in [0.05, 0.1) is 4.92 Å². The molecule has 0 aliphatic carbocycles. The highest BCUT2D eigenvalue weighted by molar-refractivity contribution is 5.81. The first-order valence-corrected chi connectivity index (χ1v) is 13.8. The van der Waals surface area contributed by atoms with Crippen LogP contribution in [0.4, 0.5) is 34.1 Å². The molecule has 0 saturated carbocycles. The van der Waals surface area contributed by atoms with Gasteiger partial charge in [0.15, 0.2) is 0 Å². The highest BCUT2D eigenvalue weighted by Gasteiger charge is 2.15. The molecule has 0 spiro atoms. The molecule has 6 aromatic rings. The van der Waals surface area contributed by atoms with Crippen LogP contribution in [0.25, 0.3) is 22.3 Å². The van der Waals surface area contributed by atoms with Crippen LogP contribution >= 0.6 is 0 Å². The van der Waals surface area contributed by atoms with E-state index in [1.165, 1.54) is 17.2 Å². The number of hydrogen-bond donors (Lipinski definition) is 0. The van der Waals surface area contributed by atoms with Crippen LogP contribution < -0.4 is 9.80 Å². The average Bonchev–Trinajstić information content (AvgIpc) is 3.06. The van der Waals surface area contributed by atoms with Crippen LogP contribution in [0.5, 0.6) is 0 Å². The maximum absolute atomic E-state index is 11.3. The fourth-order valence-corrected chi connectivity index (χ4v) is 5.10. The molecule has 0 fully saturated rings. The number of nitrogens with zero attached hydrogens (tertiary/aromatic N) is 3. The number of nitro benzene ring substituents is 1. The first-order chi connectivity index (χ1) is 20.6. The molecule has 0 amide bonds. The van der Waals surface area contributed by atoms with Gasteiger partial charge in [-0.05, 0) is 76.9 Å². The van der Waals surface area contributed by atoms with Crippen LogP contribution in [0.3, 0.4) is 0 Å². The molecule has 0 radical (unpaired) electrons. The van der Waals surface area contributed by atoms with Crippen molar-refractivity contribution in [3.05, 3.63) is 168 Å². The summed E-state index contributed by atoms with van der Waals surface area (Å²) in [5, 5.41) is 11.3. The summed E-state index contributed by atoms with van der Waals surface area (Å²) in [7, 11) is 1.91. The summed E-state index contributed by atoms with van der Waals surface area (Å²) >= 11 is 0. The molecule has 42 heavy (non-hydrogen) atoms. The van der Waals surface area contributed by atoms with Gasteiger partial charge < -0.3 is 9.80 Å². The van der Waals surface area contributed by atoms with Crippen LogP contribution in [0, 0.1) is 10.1 Å². The molecule has 0 aliphatic rings. The minimum atomic E-state index is -0.371. The third kappa shape index (κ3) is 5.62. The zero-order valence-electron chi connectivity index (χ0n) is 23.2. The Bertz CT molecular complexity index is 1700. The molecule has 6 aromatic carbocycles. The maximum Gasteiger partial charge on any atom is 0.271 e. The van der Waals surface area contributed by atoms with Gasteiger partial charge in [-0.15, -0.1) is 0 Å². The third-order valence-electron chi connectivity index (χ3n) is 7.39. The van der Waals surface area contributed by atoms with Crippen molar-refractivity contribution in [1.29, 1.82) is 0 Å². The molecule has 0 aliphatic heterocycles. The topological polar surface area (TPSA) is 49.6 Å². The minimum absolute atomic E-state index is 0.0695. The second kappa shape index (κ2) is 11.8. The number of non-ortho nitro benzene ring substituents is 1. The van der Waals surface area contributed by atoms with E-state index < -0.39 is 0 Å². The third-order valence-corrected chi connectivity index (χ3v) is 7.39. The Hall–Kier alpha value is -5.68. The Labute approximate surface area is 245 Å². The van der Waals surface area contributed by atoms with Crippen molar-refractivity contribution in [3.63, 3.8) is 0 Å². The van der Waals surface area contributed by atoms with E-state index in [2.05, 4.69) is 114 Å². The van der Waals surface area contributed by atoms with Crippen LogP contribution in [-0.2, 0) is 0 Å². The lowest BCUT2D eigenvalue weighted by atomic mass is 10.0. The number of anilines is 5. The van der Waals surface area contributed by atoms with Gasteiger partial charge in [0, 0.05) is 47.6 Å². The summed E-state index contributed by atoms with van der Waals surface area (Å²) in [6.45, 7) is 0. The molecule has 0 N–H and O–H groups in total. The molecule has 6 rings (SSSR count). The van der Waals surface area contributed by atoms with E-state index in [4.69, 9.17) is 0 Å². The van der Waals surface area contributed by atoms with Crippen molar-refractivity contribution < 1.29 is 4.92 Å². The Morgan fingerprint density at radius 2 is 0.857 bits per heavy atom. The van der Waals surface area contributed by atoms with Crippen molar-refractivity contribution >= 4 is 34.1 Å². The van der Waals surface area contributed by atoms with E-state index in [0.717, 1.165) is 39.6 Å². The first-order valence-electron chi connectivity index (χ1n) is 13.8. The summed E-state index contributed by atoms with van der Waals surface area (Å²) in [6.07, 6.45) is 0. The standard InChI is InChI=1S/C37H29N3O2/c1-38(36-13-8-14-37(27-36)40(41)42)32-23-25-35(26-24-32)39(33-19-15-30(16-20-33)28-9-4-2-5-10-28)34-21-17-31(18-22-34)29-11-6-3-7-12-29/h2-27H,1H3. The van der Waals surface area contributed by atoms with Gasteiger partial charge in [-0.2, -0.15) is 0 Å². The smallest absolute Gasteiger partial charge is 0.271 e. The minimum Gasteiger partial charge on any atom is -0.344 e. The Morgan fingerprint density at radius 1 is 0.452 bits per heavy atom. The van der Waals surface area contributed by atoms with Gasteiger partial charge in [0.2, 0.25) is 0 Å². The average molecular weight is 548 g/mol. The normalized spacial score (nSPS) is 10.7. The molecule has 204 valence electrons. The van der Waals surface area contributed by atoms with E-state index in [9.17, 15) is 10.1 Å². The molecule has 0 heterocycles. The van der Waals surface area contributed by atoms with Crippen molar-refractivity contribution in [3.8, 4) is 22.3 Å². The Balaban J connectivity index is 1.35. The highest BCUT2D eigenvalue weighted by atomic mass is 16.6. The molecule has 0 unspecified atom stereocenters. The molecular formula is C37H29N3O2. The number of benzene rings is 6. The Kier molecular flexibility index (Phi) is 7.47. The zero-order chi connectivity index (χ0) is 28.9. The quantitative estimate of drug-likeness (QED) is 0.140. The van der Waals surface area contributed by atoms with E-state index in [1.54, 1.807) is 12.1 Å². The van der Waals surface area contributed by atoms with Gasteiger partial charge in [-0.1, -0.05) is 91.0 Å². The van der Waals surface area contributed by atoms with E-state index in [-0.39, 0.29) is 10.6 Å². The fraction of sp³-hybridized carbons (Fsp3) is 0.0270. The summed E-state index contributed by atoms with van der Waals surface area (Å²) < 4.78 is 0. The summed E-state index contributed by atoms with van der Waals surface area (Å²) in [5.74, 6) is 0. The highest BCUT2D eigenvalue weighted by Crippen LogP contribution is 2.38. The number of nitro groups is 1. The van der Waals surface area contributed by atoms with Crippen molar-refractivity contribution in [2.45, 2.75) is 0 Å². The van der Waals surface area contributed by atoms with Gasteiger partial charge in [-0.25, -0.2) is 0 Å². The molecule has 0 atom stereocenters. The number of rotatable bonds is 8. The first kappa shape index (κ1) is 26.5. The van der Waals surface area contributed by atoms with Gasteiger partial charge in [0.1, 0.15) is 0 Å². The van der Waals surface area contributed by atoms with E-state index in [1.807, 2.05) is 42.3 Å². The predicted molar refractivity (Wildman–Crippen MR) is 173 cm³/mol. The largest absolute Gasteiger partial charge is 0.344 e. The fourth-order valence-electron chi connectivity index (χ4n) is 5.10. The lowest BCUT2D eigenvalue weighted by Gasteiger charge is -2.27. The van der Waals surface area contributed by atoms with Crippen LogP contribution in [-0.4, -0.2) is 12.0 Å². The van der Waals surface area contributed by atoms with E-state index >= 15 is 0 Å². The molecule has 0 aromatic heterocycles. The predicted octanol–water partition coefficient (Wildman–Crippen LogP) is 10.2. The summed E-state index contributed by atoms with van der Waals surface area (Å²) in [6, 6.07) is 52.8. The molecule has 0 saturated heterocycles. The SMILES string of the molecule is CN(c1ccc(N(c2ccc(-c3ccccc3)cc2)c2ccc(-c3ccccc3)cc2)cc1)c1cccc([N+](=O)[O-])c1. The summed E-state index contributed by atoms with van der Waals surface area (Å²) in [4.78, 5) is 15.1. The number of hydrogen-bond acceptors (Lipinski definition) is 4. The maximum atomic E-state index is 11.3. The van der Waals surface area contributed by atoms with Gasteiger partial charge in [0.25, 0.3) is 5.69 Å². The van der Waals surface area contributed by atoms with Crippen LogP contribution in [0.2, 0.25) is 0 Å².